The molecular formula is C16H20N6O2. The first-order chi connectivity index (χ1) is 11.2. The fourth-order valence-electron chi connectivity index (χ4n) is 2.49. The van der Waals surface area contributed by atoms with Crippen molar-refractivity contribution >= 4 is 34.4 Å². The summed E-state index contributed by atoms with van der Waals surface area (Å²) >= 11 is 0. The Labute approximate surface area is 139 Å². The number of amides is 1. The lowest BCUT2D eigenvalue weighted by molar-refractivity contribution is 0.100. The highest BCUT2D eigenvalue weighted by atomic mass is 16.3. The van der Waals surface area contributed by atoms with Crippen LogP contribution in [0.2, 0.25) is 0 Å². The van der Waals surface area contributed by atoms with Crippen LogP contribution in [-0.4, -0.2) is 25.5 Å². The first-order valence-electron chi connectivity index (χ1n) is 7.13. The second-order valence-electron chi connectivity index (χ2n) is 5.37. The van der Waals surface area contributed by atoms with Gasteiger partial charge in [-0.3, -0.25) is 9.36 Å². The molecular weight excluding hydrogens is 308 g/mol. The van der Waals surface area contributed by atoms with Gasteiger partial charge in [-0.25, -0.2) is 4.98 Å². The molecule has 0 saturated heterocycles. The monoisotopic (exact) mass is 328 g/mol. The highest BCUT2D eigenvalue weighted by molar-refractivity contribution is 6.11. The predicted octanol–water partition coefficient (Wildman–Crippen LogP) is 1.96. The number of carbonyl (C=O) groups is 1. The molecule has 2 aromatic rings. The molecule has 0 radical (unpaired) electrons. The normalized spacial score (nSPS) is 13.5. The third kappa shape index (κ3) is 2.58. The van der Waals surface area contributed by atoms with Gasteiger partial charge in [0.1, 0.15) is 5.82 Å². The van der Waals surface area contributed by atoms with Crippen molar-refractivity contribution in [1.82, 2.24) is 14.5 Å². The van der Waals surface area contributed by atoms with E-state index in [0.717, 1.165) is 5.57 Å². The molecule has 2 heterocycles. The zero-order valence-electron chi connectivity index (χ0n) is 13.8. The quantitative estimate of drug-likeness (QED) is 0.498. The molecule has 24 heavy (non-hydrogen) atoms. The number of nitrogens with zero attached hydrogens (tertiary/aromatic N) is 3. The lowest BCUT2D eigenvalue weighted by Gasteiger charge is -2.16. The van der Waals surface area contributed by atoms with E-state index in [-0.39, 0.29) is 23.1 Å². The summed E-state index contributed by atoms with van der Waals surface area (Å²) in [4.78, 5) is 19.9. The number of carbonyl (C=O) groups excluding carboxylic acids is 1. The molecule has 0 aromatic carbocycles. The number of hydrogen-bond acceptors (Lipinski definition) is 6. The van der Waals surface area contributed by atoms with Crippen LogP contribution in [0.1, 0.15) is 31.1 Å². The lowest BCUT2D eigenvalue weighted by Crippen LogP contribution is -2.14. The summed E-state index contributed by atoms with van der Waals surface area (Å²) in [6.07, 6.45) is 3.01. The lowest BCUT2D eigenvalue weighted by atomic mass is 10.1. The Morgan fingerprint density at radius 2 is 1.96 bits per heavy atom. The van der Waals surface area contributed by atoms with Gasteiger partial charge in [0.05, 0.1) is 22.4 Å². The zero-order valence-corrected chi connectivity index (χ0v) is 13.8. The topological polar surface area (TPSA) is 146 Å². The van der Waals surface area contributed by atoms with E-state index in [2.05, 4.69) is 16.5 Å². The average molecular weight is 328 g/mol. The van der Waals surface area contributed by atoms with Crippen LogP contribution in [-0.2, 0) is 0 Å². The fraction of sp³-hybridized carbons (Fsp3) is 0.188. The summed E-state index contributed by atoms with van der Waals surface area (Å²) in [7, 11) is 0. The van der Waals surface area contributed by atoms with Crippen molar-refractivity contribution < 1.29 is 9.90 Å². The first kappa shape index (κ1) is 17.1. The van der Waals surface area contributed by atoms with Gasteiger partial charge in [0.15, 0.2) is 5.65 Å². The van der Waals surface area contributed by atoms with E-state index in [1.165, 1.54) is 10.8 Å². The third-order valence-electron chi connectivity index (χ3n) is 3.81. The second kappa shape index (κ2) is 6.07. The summed E-state index contributed by atoms with van der Waals surface area (Å²) < 4.78 is 1.53. The SMILES string of the molecule is C=C/C(C)=C(\C(C)=C(/C)O)n1c(N)c(C(N)=O)c2cnc(N)nc21. The van der Waals surface area contributed by atoms with Gasteiger partial charge in [-0.2, -0.15) is 4.98 Å². The smallest absolute Gasteiger partial charge is 0.253 e. The van der Waals surface area contributed by atoms with Crippen LogP contribution in [0.5, 0.6) is 0 Å². The van der Waals surface area contributed by atoms with E-state index < -0.39 is 5.91 Å². The molecule has 0 aliphatic heterocycles. The summed E-state index contributed by atoms with van der Waals surface area (Å²) in [5.74, 6) is -0.498. The molecule has 0 spiro atoms. The number of aliphatic hydroxyl groups excluding tert-OH is 1. The second-order valence-corrected chi connectivity index (χ2v) is 5.37. The molecule has 8 heteroatoms. The number of hydrogen-bond donors (Lipinski definition) is 4. The predicted molar refractivity (Wildman–Crippen MR) is 95.0 cm³/mol. The van der Waals surface area contributed by atoms with Gasteiger partial charge in [0, 0.05) is 11.8 Å². The molecule has 0 unspecified atom stereocenters. The highest BCUT2D eigenvalue weighted by Gasteiger charge is 2.24. The summed E-state index contributed by atoms with van der Waals surface area (Å²) in [6.45, 7) is 8.82. The van der Waals surface area contributed by atoms with Gasteiger partial charge in [0.25, 0.3) is 5.91 Å². The number of nitrogen functional groups attached to an aromatic ring is 2. The Morgan fingerprint density at radius 3 is 2.46 bits per heavy atom. The van der Waals surface area contributed by atoms with Gasteiger partial charge in [0.2, 0.25) is 5.95 Å². The van der Waals surface area contributed by atoms with Crippen LogP contribution in [0.25, 0.3) is 16.7 Å². The number of aliphatic hydroxyl groups is 1. The molecule has 0 fully saturated rings. The third-order valence-corrected chi connectivity index (χ3v) is 3.81. The minimum absolute atomic E-state index is 0.0234. The molecule has 0 atom stereocenters. The van der Waals surface area contributed by atoms with Gasteiger partial charge in [-0.05, 0) is 26.3 Å². The number of allylic oxidation sites excluding steroid dienone is 5. The summed E-state index contributed by atoms with van der Waals surface area (Å²) in [6, 6.07) is 0. The molecule has 2 aromatic heterocycles. The number of rotatable bonds is 4. The summed E-state index contributed by atoms with van der Waals surface area (Å²) in [5, 5.41) is 10.3. The van der Waals surface area contributed by atoms with Gasteiger partial charge < -0.3 is 22.3 Å². The molecule has 2 rings (SSSR count). The van der Waals surface area contributed by atoms with Crippen LogP contribution in [0.3, 0.4) is 0 Å². The Morgan fingerprint density at radius 1 is 1.33 bits per heavy atom. The molecule has 126 valence electrons. The van der Waals surface area contributed by atoms with E-state index in [1.807, 2.05) is 0 Å². The van der Waals surface area contributed by atoms with Crippen molar-refractivity contribution in [3.63, 3.8) is 0 Å². The van der Waals surface area contributed by atoms with Crippen LogP contribution >= 0.6 is 0 Å². The Kier molecular flexibility index (Phi) is 4.32. The van der Waals surface area contributed by atoms with Crippen LogP contribution in [0.15, 0.2) is 35.8 Å². The van der Waals surface area contributed by atoms with Crippen LogP contribution in [0.4, 0.5) is 11.8 Å². The van der Waals surface area contributed by atoms with Crippen molar-refractivity contribution in [2.45, 2.75) is 20.8 Å². The maximum Gasteiger partial charge on any atom is 0.253 e. The fourth-order valence-corrected chi connectivity index (χ4v) is 2.49. The van der Waals surface area contributed by atoms with Crippen molar-refractivity contribution in [3.05, 3.63) is 41.3 Å². The molecule has 0 bridgehead atoms. The van der Waals surface area contributed by atoms with E-state index in [0.29, 0.717) is 22.3 Å². The van der Waals surface area contributed by atoms with Crippen LogP contribution < -0.4 is 17.2 Å². The van der Waals surface area contributed by atoms with Gasteiger partial charge in [-0.15, -0.1) is 0 Å². The van der Waals surface area contributed by atoms with Crippen molar-refractivity contribution in [2.75, 3.05) is 11.5 Å². The average Bonchev–Trinajstić information content (AvgIpc) is 2.79. The Bertz CT molecular complexity index is 916. The standard InChI is InChI=1S/C16H20N6O2/c1-5-7(2)12(8(3)9(4)23)22-13(17)11(14(18)24)10-6-20-16(19)21-15(10)22/h5-6,23H,1,17H2,2-4H3,(H2,18,24)(H2,19,20,21)/b9-8+,12-7+. The van der Waals surface area contributed by atoms with E-state index in [1.54, 1.807) is 26.8 Å². The minimum atomic E-state index is -0.706. The van der Waals surface area contributed by atoms with Crippen molar-refractivity contribution in [2.24, 2.45) is 5.73 Å². The number of anilines is 2. The maximum absolute atomic E-state index is 11.8. The maximum atomic E-state index is 11.8. The van der Waals surface area contributed by atoms with E-state index >= 15 is 0 Å². The molecule has 7 N–H and O–H groups in total. The number of aromatic nitrogens is 3. The highest BCUT2D eigenvalue weighted by Crippen LogP contribution is 2.34. The van der Waals surface area contributed by atoms with Gasteiger partial charge in [-0.1, -0.05) is 12.7 Å². The Hall–Kier alpha value is -3.29. The number of primary amides is 1. The first-order valence-corrected chi connectivity index (χ1v) is 7.13. The zero-order chi connectivity index (χ0) is 18.2. The summed E-state index contributed by atoms with van der Waals surface area (Å²) in [5.41, 5.74) is 19.6. The van der Waals surface area contributed by atoms with E-state index in [9.17, 15) is 9.90 Å². The molecule has 0 aliphatic carbocycles. The molecule has 0 saturated carbocycles. The van der Waals surface area contributed by atoms with Crippen LogP contribution in [0, 0.1) is 0 Å². The molecule has 8 nitrogen and oxygen atoms in total. The van der Waals surface area contributed by atoms with Crippen molar-refractivity contribution in [1.29, 1.82) is 0 Å². The minimum Gasteiger partial charge on any atom is -0.512 e. The van der Waals surface area contributed by atoms with Crippen molar-refractivity contribution in [3.8, 4) is 0 Å². The number of nitrogens with two attached hydrogens (primary N) is 3. The molecule has 0 aliphatic rings. The number of fused-ring (bicyclic) bond motifs is 1. The van der Waals surface area contributed by atoms with E-state index in [4.69, 9.17) is 17.2 Å². The van der Waals surface area contributed by atoms with Gasteiger partial charge >= 0.3 is 0 Å². The largest absolute Gasteiger partial charge is 0.512 e. The Balaban J connectivity index is 3.07. The molecule has 1 amide bonds.